The number of aliphatic carboxylic acids is 1. The Morgan fingerprint density at radius 3 is 2.19 bits per heavy atom. The van der Waals surface area contributed by atoms with E-state index in [1.807, 2.05) is 42.2 Å². The molecule has 2 aliphatic rings. The number of aryl methyl sites for hydroxylation is 1. The summed E-state index contributed by atoms with van der Waals surface area (Å²) in [6.45, 7) is 10.5. The highest BCUT2D eigenvalue weighted by molar-refractivity contribution is 6.01. The van der Waals surface area contributed by atoms with Crippen LogP contribution >= 0.6 is 0 Å². The summed E-state index contributed by atoms with van der Waals surface area (Å²) in [6, 6.07) is 12.0. The lowest BCUT2D eigenvalue weighted by Crippen LogP contribution is -2.49. The predicted molar refractivity (Wildman–Crippen MR) is 168 cm³/mol. The van der Waals surface area contributed by atoms with Crippen molar-refractivity contribution in [1.29, 1.82) is 0 Å². The third-order valence-corrected chi connectivity index (χ3v) is 8.31. The molecule has 2 aromatic rings. The molecule has 4 rings (SSSR count). The van der Waals surface area contributed by atoms with Crippen LogP contribution in [0, 0.1) is 18.3 Å². The minimum atomic E-state index is -1.01. The number of rotatable bonds is 9. The fraction of sp³-hybridized carbons (Fsp3) is 0.529. The second-order valence-electron chi connectivity index (χ2n) is 13.2. The summed E-state index contributed by atoms with van der Waals surface area (Å²) in [5.74, 6) is -1.38. The van der Waals surface area contributed by atoms with Gasteiger partial charge in [0, 0.05) is 44.1 Å². The van der Waals surface area contributed by atoms with Gasteiger partial charge in [0.1, 0.15) is 0 Å². The highest BCUT2D eigenvalue weighted by atomic mass is 16.4. The maximum atomic E-state index is 13.5. The monoisotopic (exact) mass is 590 g/mol. The van der Waals surface area contributed by atoms with E-state index in [1.54, 1.807) is 12.1 Å². The predicted octanol–water partition coefficient (Wildman–Crippen LogP) is 5.54. The maximum Gasteiger partial charge on any atom is 0.305 e. The van der Waals surface area contributed by atoms with Crippen LogP contribution in [0.5, 0.6) is 0 Å². The van der Waals surface area contributed by atoms with Gasteiger partial charge < -0.3 is 25.5 Å². The molecule has 2 fully saturated rings. The van der Waals surface area contributed by atoms with Gasteiger partial charge in [0.2, 0.25) is 11.8 Å². The lowest BCUT2D eigenvalue weighted by Gasteiger charge is -2.38. The summed E-state index contributed by atoms with van der Waals surface area (Å²) >= 11 is 0. The number of nitrogens with one attached hydrogen (secondary N) is 2. The van der Waals surface area contributed by atoms with Crippen molar-refractivity contribution < 1.29 is 24.3 Å². The van der Waals surface area contributed by atoms with Gasteiger partial charge in [-0.2, -0.15) is 0 Å². The zero-order chi connectivity index (χ0) is 31.1. The van der Waals surface area contributed by atoms with Crippen LogP contribution in [0.2, 0.25) is 0 Å². The summed E-state index contributed by atoms with van der Waals surface area (Å²) in [4.78, 5) is 55.3. The fourth-order valence-corrected chi connectivity index (χ4v) is 5.88. The van der Waals surface area contributed by atoms with E-state index < -0.39 is 17.9 Å². The molecule has 232 valence electrons. The third kappa shape index (κ3) is 9.05. The molecule has 43 heavy (non-hydrogen) atoms. The quantitative estimate of drug-likeness (QED) is 0.353. The highest BCUT2D eigenvalue weighted by Crippen LogP contribution is 2.32. The molecule has 2 aromatic carbocycles. The molecule has 9 nitrogen and oxygen atoms in total. The normalized spacial score (nSPS) is 16.8. The zero-order valence-corrected chi connectivity index (χ0v) is 25.9. The average Bonchev–Trinajstić information content (AvgIpc) is 2.96. The van der Waals surface area contributed by atoms with Crippen molar-refractivity contribution in [2.75, 3.05) is 36.4 Å². The number of hydrogen-bond acceptors (Lipinski definition) is 5. The maximum absolute atomic E-state index is 13.5. The number of carboxylic acids is 1. The van der Waals surface area contributed by atoms with Crippen LogP contribution in [-0.2, 0) is 14.4 Å². The zero-order valence-electron chi connectivity index (χ0n) is 25.9. The van der Waals surface area contributed by atoms with Crippen LogP contribution in [0.15, 0.2) is 42.5 Å². The molecular weight excluding hydrogens is 544 g/mol. The molecule has 1 saturated heterocycles. The van der Waals surface area contributed by atoms with Crippen molar-refractivity contribution in [2.24, 2.45) is 11.3 Å². The lowest BCUT2D eigenvalue weighted by atomic mass is 9.88. The largest absolute Gasteiger partial charge is 0.481 e. The summed E-state index contributed by atoms with van der Waals surface area (Å²) < 4.78 is 0. The molecule has 0 spiro atoms. The van der Waals surface area contributed by atoms with E-state index in [4.69, 9.17) is 0 Å². The molecule has 9 heteroatoms. The van der Waals surface area contributed by atoms with Gasteiger partial charge in [-0.1, -0.05) is 69.9 Å². The second kappa shape index (κ2) is 14.1. The lowest BCUT2D eigenvalue weighted by molar-refractivity contribution is -0.137. The second-order valence-corrected chi connectivity index (χ2v) is 13.2. The van der Waals surface area contributed by atoms with Crippen molar-refractivity contribution in [2.45, 2.75) is 78.7 Å². The van der Waals surface area contributed by atoms with Gasteiger partial charge in [-0.25, -0.2) is 0 Å². The first-order valence-electron chi connectivity index (χ1n) is 15.5. The summed E-state index contributed by atoms with van der Waals surface area (Å²) in [6.07, 6.45) is 5.14. The van der Waals surface area contributed by atoms with E-state index in [-0.39, 0.29) is 29.6 Å². The Morgan fingerprint density at radius 2 is 1.58 bits per heavy atom. The Kier molecular flexibility index (Phi) is 10.5. The van der Waals surface area contributed by atoms with Gasteiger partial charge in [0.05, 0.1) is 23.8 Å². The number of hydrogen-bond donors (Lipinski definition) is 3. The van der Waals surface area contributed by atoms with E-state index in [9.17, 15) is 24.3 Å². The molecule has 1 unspecified atom stereocenters. The van der Waals surface area contributed by atoms with Crippen LogP contribution in [-0.4, -0.2) is 59.9 Å². The third-order valence-electron chi connectivity index (χ3n) is 8.31. The number of carbonyl (C=O) groups excluding carboxylic acids is 3. The van der Waals surface area contributed by atoms with Gasteiger partial charge in [0.25, 0.3) is 5.91 Å². The molecule has 1 atom stereocenters. The summed E-state index contributed by atoms with van der Waals surface area (Å²) in [5.41, 5.74) is 3.38. The van der Waals surface area contributed by atoms with Gasteiger partial charge >= 0.3 is 5.97 Å². The molecule has 1 heterocycles. The van der Waals surface area contributed by atoms with Crippen molar-refractivity contribution in [1.82, 2.24) is 10.2 Å². The molecule has 3 N–H and O–H groups in total. The molecule has 0 bridgehead atoms. The first kappa shape index (κ1) is 32.0. The van der Waals surface area contributed by atoms with Crippen LogP contribution in [0.4, 0.5) is 11.4 Å². The van der Waals surface area contributed by atoms with Crippen LogP contribution < -0.4 is 15.5 Å². The van der Waals surface area contributed by atoms with E-state index >= 15 is 0 Å². The molecular formula is C34H46N4O5. The van der Waals surface area contributed by atoms with Gasteiger partial charge in [0.15, 0.2) is 0 Å². The van der Waals surface area contributed by atoms with Crippen LogP contribution in [0.25, 0.3) is 0 Å². The number of carboxylic acid groups (broad SMARTS) is 1. The standard InChI is InChI=1S/C34H46N4O5/c1-23-10-12-24(13-11-23)27(21-31(40)41)35-33(43)26-14-15-29(28(20-26)36-32(42)25-8-6-5-7-9-25)37-16-18-38(19-17-37)30(39)22-34(2,3)4/h10-15,20,25,27H,5-9,16-19,21-22H2,1-4H3,(H,35,43)(H,36,42)(H,40,41). The Labute approximate surface area is 255 Å². The number of anilines is 2. The molecule has 1 aliphatic carbocycles. The first-order chi connectivity index (χ1) is 20.4. The first-order valence-corrected chi connectivity index (χ1v) is 15.5. The minimum absolute atomic E-state index is 0.0408. The van der Waals surface area contributed by atoms with E-state index in [0.717, 1.165) is 43.4 Å². The molecule has 0 aromatic heterocycles. The van der Waals surface area contributed by atoms with Crippen molar-refractivity contribution in [3.05, 3.63) is 59.2 Å². The van der Waals surface area contributed by atoms with Crippen molar-refractivity contribution >= 4 is 35.1 Å². The number of benzene rings is 2. The Morgan fingerprint density at radius 1 is 0.930 bits per heavy atom. The Balaban J connectivity index is 1.55. The van der Waals surface area contributed by atoms with E-state index in [2.05, 4.69) is 36.3 Å². The van der Waals surface area contributed by atoms with Crippen LogP contribution in [0.3, 0.4) is 0 Å². The average molecular weight is 591 g/mol. The van der Waals surface area contributed by atoms with E-state index in [0.29, 0.717) is 49.4 Å². The van der Waals surface area contributed by atoms with Gasteiger partial charge in [-0.05, 0) is 48.9 Å². The SMILES string of the molecule is Cc1ccc(C(CC(=O)O)NC(=O)c2ccc(N3CCN(C(=O)CC(C)(C)C)CC3)c(NC(=O)C3CCCCC3)c2)cc1. The number of piperazine rings is 1. The minimum Gasteiger partial charge on any atom is -0.481 e. The summed E-state index contributed by atoms with van der Waals surface area (Å²) in [7, 11) is 0. The van der Waals surface area contributed by atoms with E-state index in [1.165, 1.54) is 0 Å². The van der Waals surface area contributed by atoms with Crippen molar-refractivity contribution in [3.63, 3.8) is 0 Å². The molecule has 3 amide bonds. The highest BCUT2D eigenvalue weighted by Gasteiger charge is 2.28. The number of carbonyl (C=O) groups is 4. The van der Waals surface area contributed by atoms with Gasteiger partial charge in [-0.3, -0.25) is 19.2 Å². The van der Waals surface area contributed by atoms with Crippen molar-refractivity contribution in [3.8, 4) is 0 Å². The topological polar surface area (TPSA) is 119 Å². The summed E-state index contributed by atoms with van der Waals surface area (Å²) in [5, 5.41) is 15.5. The van der Waals surface area contributed by atoms with Crippen LogP contribution in [0.1, 0.15) is 93.2 Å². The molecule has 0 radical (unpaired) electrons. The fourth-order valence-electron chi connectivity index (χ4n) is 5.88. The number of nitrogens with zero attached hydrogens (tertiary/aromatic N) is 2. The number of amides is 3. The Hall–Kier alpha value is -3.88. The van der Waals surface area contributed by atoms with Gasteiger partial charge in [-0.15, -0.1) is 0 Å². The Bertz CT molecular complexity index is 1300. The molecule has 1 aliphatic heterocycles. The smallest absolute Gasteiger partial charge is 0.305 e. The molecule has 1 saturated carbocycles.